The van der Waals surface area contributed by atoms with Crippen LogP contribution in [0.5, 0.6) is 0 Å². The van der Waals surface area contributed by atoms with Crippen molar-refractivity contribution in [1.29, 1.82) is 0 Å². The summed E-state index contributed by atoms with van der Waals surface area (Å²) in [5.74, 6) is 0. The van der Waals surface area contributed by atoms with Gasteiger partial charge in [-0.2, -0.15) is 0 Å². The Labute approximate surface area is 124 Å². The Bertz CT molecular complexity index is 266. The summed E-state index contributed by atoms with van der Waals surface area (Å²) in [6.45, 7) is 3.79. The second kappa shape index (κ2) is 11.2. The molecule has 0 aromatic carbocycles. The summed E-state index contributed by atoms with van der Waals surface area (Å²) < 4.78 is 0. The Hall–Kier alpha value is 0.299. The molecule has 18 heavy (non-hydrogen) atoms. The fourth-order valence-corrected chi connectivity index (χ4v) is 1.97. The third kappa shape index (κ3) is 7.67. The van der Waals surface area contributed by atoms with Gasteiger partial charge in [0.1, 0.15) is 0 Å². The zero-order valence-electron chi connectivity index (χ0n) is 10.2. The molecule has 2 aliphatic rings. The van der Waals surface area contributed by atoms with Crippen molar-refractivity contribution in [2.45, 2.75) is 25.3 Å². The molecule has 1 saturated heterocycles. The Morgan fingerprint density at radius 1 is 1.39 bits per heavy atom. The first-order valence-corrected chi connectivity index (χ1v) is 8.67. The van der Waals surface area contributed by atoms with Crippen molar-refractivity contribution in [3.63, 3.8) is 0 Å². The van der Waals surface area contributed by atoms with Gasteiger partial charge in [-0.1, -0.05) is 31.4 Å². The zero-order chi connectivity index (χ0) is 13.1. The van der Waals surface area contributed by atoms with Gasteiger partial charge >= 0.3 is 33.3 Å². The van der Waals surface area contributed by atoms with Crippen molar-refractivity contribution in [3.05, 3.63) is 34.6 Å². The van der Waals surface area contributed by atoms with Crippen LogP contribution in [-0.4, -0.2) is 32.2 Å². The van der Waals surface area contributed by atoms with Crippen LogP contribution in [0.25, 0.3) is 10.6 Å². The third-order valence-electron chi connectivity index (χ3n) is 2.84. The van der Waals surface area contributed by atoms with Gasteiger partial charge in [0.2, 0.25) is 0 Å². The van der Waals surface area contributed by atoms with Gasteiger partial charge in [-0.05, 0) is 13.1 Å². The number of hydrogen-bond acceptors (Lipinski definition) is 1. The molecule has 0 radical (unpaired) electrons. The van der Waals surface area contributed by atoms with Gasteiger partial charge in [-0.3, -0.25) is 0 Å². The van der Waals surface area contributed by atoms with Gasteiger partial charge in [0.15, 0.2) is 0 Å². The molecule has 6 heteroatoms. The van der Waals surface area contributed by atoms with Crippen LogP contribution in [0.1, 0.15) is 19.3 Å². The molecule has 2 rings (SSSR count). The second-order valence-corrected chi connectivity index (χ2v) is 5.71. The van der Waals surface area contributed by atoms with E-state index >= 15 is 0 Å². The normalized spacial score (nSPS) is 22.8. The molecule has 0 bridgehead atoms. The molecule has 1 N–H and O–H groups in total. The molecular formula is C12H19Cl2CuN3-2. The fraction of sp³-hybridized carbons (Fsp3) is 0.667. The van der Waals surface area contributed by atoms with Gasteiger partial charge in [-0.15, -0.1) is 30.9 Å². The number of halogens is 2. The van der Waals surface area contributed by atoms with Crippen LogP contribution < -0.4 is 5.32 Å². The molecule has 0 spiro atoms. The Morgan fingerprint density at radius 3 is 2.83 bits per heavy atom. The minimum atomic E-state index is 0.540. The summed E-state index contributed by atoms with van der Waals surface area (Å²) in [5, 5.41) is 12.4. The molecule has 2 aliphatic heterocycles. The van der Waals surface area contributed by atoms with Gasteiger partial charge in [-0.25, -0.2) is 0 Å². The molecule has 2 heterocycles. The standard InChI is InChI=1S/C12H19N3.2ClH.Cu/c1-3-7-14-11(5-1)9-13-10-12-6-2-4-8-15-12;;;/h1,3,5,12-13H,2,4,6-10H2;2*1H;/q-2;;;+2/p-2. The van der Waals surface area contributed by atoms with Crippen LogP contribution >= 0.6 is 20.2 Å². The molecule has 0 aliphatic carbocycles. The first-order valence-electron chi connectivity index (χ1n) is 6.08. The van der Waals surface area contributed by atoms with Crippen LogP contribution in [0.15, 0.2) is 23.9 Å². The van der Waals surface area contributed by atoms with E-state index in [1.807, 2.05) is 0 Å². The summed E-state index contributed by atoms with van der Waals surface area (Å²) in [6.07, 6.45) is 10.1. The van der Waals surface area contributed by atoms with E-state index in [2.05, 4.69) is 54.4 Å². The number of nitrogens with zero attached hydrogens (tertiary/aromatic N) is 2. The second-order valence-electron chi connectivity index (χ2n) is 4.16. The average molecular weight is 340 g/mol. The number of nitrogens with one attached hydrogen (secondary N) is 1. The topological polar surface area (TPSA) is 40.2 Å². The first kappa shape index (κ1) is 16.4. The molecule has 0 amide bonds. The maximum atomic E-state index is 4.67. The molecule has 1 unspecified atom stereocenters. The van der Waals surface area contributed by atoms with E-state index in [1.54, 1.807) is 0 Å². The monoisotopic (exact) mass is 338 g/mol. The van der Waals surface area contributed by atoms with Crippen LogP contribution in [0.4, 0.5) is 0 Å². The summed E-state index contributed by atoms with van der Waals surface area (Å²) in [7, 11) is 9.34. The van der Waals surface area contributed by atoms with E-state index in [4.69, 9.17) is 0 Å². The molecule has 0 saturated carbocycles. The van der Waals surface area contributed by atoms with E-state index in [-0.39, 0.29) is 0 Å². The Morgan fingerprint density at radius 2 is 2.22 bits per heavy atom. The molecule has 3 nitrogen and oxygen atoms in total. The van der Waals surface area contributed by atoms with E-state index in [9.17, 15) is 0 Å². The van der Waals surface area contributed by atoms with E-state index in [0.717, 1.165) is 45.0 Å². The van der Waals surface area contributed by atoms with Gasteiger partial charge < -0.3 is 16.0 Å². The molecular weight excluding hydrogens is 321 g/mol. The van der Waals surface area contributed by atoms with Gasteiger partial charge in [0, 0.05) is 0 Å². The fourth-order valence-electron chi connectivity index (χ4n) is 1.97. The van der Waals surface area contributed by atoms with E-state index in [1.165, 1.54) is 19.3 Å². The zero-order valence-corrected chi connectivity index (χ0v) is 12.7. The Kier molecular flexibility index (Phi) is 10.1. The number of piperidine rings is 1. The van der Waals surface area contributed by atoms with Crippen molar-refractivity contribution < 1.29 is 13.1 Å². The van der Waals surface area contributed by atoms with Crippen LogP contribution in [0.2, 0.25) is 0 Å². The van der Waals surface area contributed by atoms with E-state index < -0.39 is 0 Å². The molecule has 1 atom stereocenters. The third-order valence-corrected chi connectivity index (χ3v) is 2.84. The predicted molar refractivity (Wildman–Crippen MR) is 75.9 cm³/mol. The quantitative estimate of drug-likeness (QED) is 0.779. The maximum absolute atomic E-state index is 4.67. The Balaban J connectivity index is 0.000000492. The summed E-state index contributed by atoms with van der Waals surface area (Å²) in [5.41, 5.74) is 1.16. The minimum absolute atomic E-state index is 0.540. The molecule has 1 fully saturated rings. The molecule has 0 aromatic heterocycles. The SMILES string of the molecule is C1=CC[N-]C(CNCC2CCCC[N-]2)=C1.[Cl][Cu][Cl]. The average Bonchev–Trinajstić information content (AvgIpc) is 2.42. The molecule has 0 aromatic rings. The van der Waals surface area contributed by atoms with Crippen LogP contribution in [0.3, 0.4) is 0 Å². The number of rotatable bonds is 4. The van der Waals surface area contributed by atoms with Crippen molar-refractivity contribution in [2.75, 3.05) is 26.2 Å². The van der Waals surface area contributed by atoms with Crippen molar-refractivity contribution >= 4 is 20.2 Å². The predicted octanol–water partition coefficient (Wildman–Crippen LogP) is 3.71. The first-order chi connectivity index (χ1) is 8.86. The number of allylic oxidation sites excluding steroid dienone is 2. The van der Waals surface area contributed by atoms with Crippen molar-refractivity contribution in [2.24, 2.45) is 0 Å². The summed E-state index contributed by atoms with van der Waals surface area (Å²) >= 11 is 0.757. The number of hydrogen-bond donors (Lipinski definition) is 1. The summed E-state index contributed by atoms with van der Waals surface area (Å²) in [4.78, 5) is 0. The van der Waals surface area contributed by atoms with Crippen LogP contribution in [-0.2, 0) is 13.1 Å². The van der Waals surface area contributed by atoms with Gasteiger partial charge in [0.25, 0.3) is 0 Å². The van der Waals surface area contributed by atoms with Gasteiger partial charge in [0.05, 0.1) is 0 Å². The van der Waals surface area contributed by atoms with E-state index in [0.29, 0.717) is 6.04 Å². The molecule has 109 valence electrons. The van der Waals surface area contributed by atoms with Crippen LogP contribution in [0, 0.1) is 0 Å². The van der Waals surface area contributed by atoms with Crippen molar-refractivity contribution in [3.8, 4) is 0 Å². The summed E-state index contributed by atoms with van der Waals surface area (Å²) in [6, 6.07) is 0.540. The van der Waals surface area contributed by atoms with Crippen molar-refractivity contribution in [1.82, 2.24) is 5.32 Å².